The number of ether oxygens (including phenoxy) is 1. The molecule has 0 saturated carbocycles. The Bertz CT molecular complexity index is 406. The first kappa shape index (κ1) is 14.1. The Morgan fingerprint density at radius 1 is 1.37 bits per heavy atom. The zero-order chi connectivity index (χ0) is 13.7. The van der Waals surface area contributed by atoms with Crippen molar-refractivity contribution >= 4 is 5.91 Å². The van der Waals surface area contributed by atoms with Crippen molar-refractivity contribution in [2.45, 2.75) is 38.6 Å². The van der Waals surface area contributed by atoms with E-state index in [0.717, 1.165) is 19.3 Å². The number of carbonyl (C=O) groups is 1. The maximum atomic E-state index is 12.0. The van der Waals surface area contributed by atoms with Crippen molar-refractivity contribution in [3.05, 3.63) is 35.4 Å². The van der Waals surface area contributed by atoms with Gasteiger partial charge < -0.3 is 10.1 Å². The Kier molecular flexibility index (Phi) is 4.97. The minimum Gasteiger partial charge on any atom is -0.383 e. The minimum absolute atomic E-state index is 0.140. The summed E-state index contributed by atoms with van der Waals surface area (Å²) in [5.74, 6) is 0.610. The number of hydrogen-bond donors (Lipinski definition) is 1. The van der Waals surface area contributed by atoms with Gasteiger partial charge in [-0.15, -0.1) is 0 Å². The number of amides is 1. The van der Waals surface area contributed by atoms with Crippen LogP contribution < -0.4 is 5.32 Å². The van der Waals surface area contributed by atoms with Gasteiger partial charge in [-0.05, 0) is 36.3 Å². The summed E-state index contributed by atoms with van der Waals surface area (Å²) in [6, 6.07) is 8.64. The van der Waals surface area contributed by atoms with E-state index in [1.54, 1.807) is 7.11 Å². The van der Waals surface area contributed by atoms with Crippen LogP contribution in [0, 0.1) is 5.92 Å². The Hall–Kier alpha value is -1.35. The molecule has 1 aliphatic carbocycles. The SMILES string of the molecule is CCC(COC)NC(=O)CC1Cc2ccccc2C1. The fourth-order valence-corrected chi connectivity index (χ4v) is 2.81. The van der Waals surface area contributed by atoms with Crippen LogP contribution in [0.4, 0.5) is 0 Å². The highest BCUT2D eigenvalue weighted by Gasteiger charge is 2.23. The van der Waals surface area contributed by atoms with E-state index < -0.39 is 0 Å². The normalized spacial score (nSPS) is 16.1. The summed E-state index contributed by atoms with van der Waals surface area (Å²) in [5.41, 5.74) is 2.81. The van der Waals surface area contributed by atoms with E-state index in [4.69, 9.17) is 4.74 Å². The van der Waals surface area contributed by atoms with Crippen molar-refractivity contribution < 1.29 is 9.53 Å². The van der Waals surface area contributed by atoms with Crippen molar-refractivity contribution in [1.82, 2.24) is 5.32 Å². The summed E-state index contributed by atoms with van der Waals surface area (Å²) >= 11 is 0. The van der Waals surface area contributed by atoms with Gasteiger partial charge >= 0.3 is 0 Å². The van der Waals surface area contributed by atoms with Crippen LogP contribution in [-0.2, 0) is 22.4 Å². The predicted octanol–water partition coefficient (Wildman–Crippen LogP) is 2.33. The van der Waals surface area contributed by atoms with Gasteiger partial charge in [-0.2, -0.15) is 0 Å². The lowest BCUT2D eigenvalue weighted by Gasteiger charge is -2.17. The second-order valence-electron chi connectivity index (χ2n) is 5.38. The molecule has 1 atom stereocenters. The molecule has 1 aromatic rings. The lowest BCUT2D eigenvalue weighted by molar-refractivity contribution is -0.123. The molecule has 0 aliphatic heterocycles. The maximum absolute atomic E-state index is 12.0. The summed E-state index contributed by atoms with van der Waals surface area (Å²) in [6.45, 7) is 2.66. The first-order chi connectivity index (χ1) is 9.22. The van der Waals surface area contributed by atoms with E-state index in [2.05, 4.69) is 36.5 Å². The average molecular weight is 261 g/mol. The molecule has 1 aromatic carbocycles. The molecule has 0 saturated heterocycles. The van der Waals surface area contributed by atoms with Crippen molar-refractivity contribution in [3.8, 4) is 0 Å². The number of benzene rings is 1. The number of methoxy groups -OCH3 is 1. The molecule has 0 fully saturated rings. The number of carbonyl (C=O) groups excluding carboxylic acids is 1. The molecule has 0 heterocycles. The third kappa shape index (κ3) is 3.80. The molecule has 104 valence electrons. The summed E-state index contributed by atoms with van der Waals surface area (Å²) in [6.07, 6.45) is 3.59. The first-order valence-corrected chi connectivity index (χ1v) is 7.08. The summed E-state index contributed by atoms with van der Waals surface area (Å²) in [5, 5.41) is 3.06. The van der Waals surface area contributed by atoms with E-state index in [0.29, 0.717) is 18.9 Å². The lowest BCUT2D eigenvalue weighted by atomic mass is 10.0. The van der Waals surface area contributed by atoms with Crippen LogP contribution in [0.3, 0.4) is 0 Å². The Balaban J connectivity index is 1.81. The van der Waals surface area contributed by atoms with E-state index in [-0.39, 0.29) is 11.9 Å². The van der Waals surface area contributed by atoms with Gasteiger partial charge in [0.2, 0.25) is 5.91 Å². The van der Waals surface area contributed by atoms with Gasteiger partial charge in [-0.3, -0.25) is 4.79 Å². The molecule has 0 radical (unpaired) electrons. The molecule has 0 aromatic heterocycles. The van der Waals surface area contributed by atoms with Crippen LogP contribution in [0.2, 0.25) is 0 Å². The summed E-state index contributed by atoms with van der Waals surface area (Å²) in [4.78, 5) is 12.0. The van der Waals surface area contributed by atoms with Crippen LogP contribution >= 0.6 is 0 Å². The van der Waals surface area contributed by atoms with Crippen LogP contribution in [0.1, 0.15) is 30.9 Å². The molecule has 3 heteroatoms. The van der Waals surface area contributed by atoms with Gasteiger partial charge in [0.25, 0.3) is 0 Å². The monoisotopic (exact) mass is 261 g/mol. The Labute approximate surface area is 115 Å². The molecule has 1 N–H and O–H groups in total. The quantitative estimate of drug-likeness (QED) is 0.853. The summed E-state index contributed by atoms with van der Waals surface area (Å²) < 4.78 is 5.10. The molecule has 19 heavy (non-hydrogen) atoms. The third-order valence-corrected chi connectivity index (χ3v) is 3.84. The molecule has 3 nitrogen and oxygen atoms in total. The van der Waals surface area contributed by atoms with Gasteiger partial charge in [0.05, 0.1) is 12.6 Å². The van der Waals surface area contributed by atoms with Crippen LogP contribution in [-0.4, -0.2) is 25.7 Å². The second-order valence-corrected chi connectivity index (χ2v) is 5.38. The van der Waals surface area contributed by atoms with Gasteiger partial charge in [-0.25, -0.2) is 0 Å². The Morgan fingerprint density at radius 3 is 2.53 bits per heavy atom. The van der Waals surface area contributed by atoms with E-state index in [1.807, 2.05) is 0 Å². The molecule has 1 amide bonds. The highest BCUT2D eigenvalue weighted by Crippen LogP contribution is 2.28. The van der Waals surface area contributed by atoms with Gasteiger partial charge in [0.15, 0.2) is 0 Å². The molecule has 0 spiro atoms. The molecular weight excluding hydrogens is 238 g/mol. The number of nitrogens with one attached hydrogen (secondary N) is 1. The number of hydrogen-bond acceptors (Lipinski definition) is 2. The van der Waals surface area contributed by atoms with Gasteiger partial charge in [-0.1, -0.05) is 31.2 Å². The minimum atomic E-state index is 0.140. The van der Waals surface area contributed by atoms with Crippen molar-refractivity contribution in [1.29, 1.82) is 0 Å². The van der Waals surface area contributed by atoms with Crippen molar-refractivity contribution in [2.75, 3.05) is 13.7 Å². The molecule has 0 bridgehead atoms. The van der Waals surface area contributed by atoms with Gasteiger partial charge in [0, 0.05) is 13.5 Å². The maximum Gasteiger partial charge on any atom is 0.220 e. The van der Waals surface area contributed by atoms with Crippen molar-refractivity contribution in [2.24, 2.45) is 5.92 Å². The zero-order valence-electron chi connectivity index (χ0n) is 11.8. The fourth-order valence-electron chi connectivity index (χ4n) is 2.81. The molecule has 1 unspecified atom stereocenters. The molecule has 1 aliphatic rings. The predicted molar refractivity (Wildman–Crippen MR) is 76.1 cm³/mol. The molecular formula is C16H23NO2. The largest absolute Gasteiger partial charge is 0.383 e. The van der Waals surface area contributed by atoms with E-state index in [9.17, 15) is 4.79 Å². The van der Waals surface area contributed by atoms with E-state index in [1.165, 1.54) is 11.1 Å². The van der Waals surface area contributed by atoms with Gasteiger partial charge in [0.1, 0.15) is 0 Å². The highest BCUT2D eigenvalue weighted by atomic mass is 16.5. The standard InChI is InChI=1S/C16H23NO2/c1-3-15(11-19-2)17-16(18)10-12-8-13-6-4-5-7-14(13)9-12/h4-7,12,15H,3,8-11H2,1-2H3,(H,17,18). The smallest absolute Gasteiger partial charge is 0.220 e. The molecule has 2 rings (SSSR count). The second kappa shape index (κ2) is 6.71. The van der Waals surface area contributed by atoms with Crippen molar-refractivity contribution in [3.63, 3.8) is 0 Å². The lowest BCUT2D eigenvalue weighted by Crippen LogP contribution is -2.38. The number of rotatable bonds is 6. The topological polar surface area (TPSA) is 38.3 Å². The van der Waals surface area contributed by atoms with E-state index >= 15 is 0 Å². The fraction of sp³-hybridized carbons (Fsp3) is 0.562. The Morgan fingerprint density at radius 2 is 2.00 bits per heavy atom. The first-order valence-electron chi connectivity index (χ1n) is 7.08. The summed E-state index contributed by atoms with van der Waals surface area (Å²) in [7, 11) is 1.67. The average Bonchev–Trinajstić information content (AvgIpc) is 2.80. The number of fused-ring (bicyclic) bond motifs is 1. The third-order valence-electron chi connectivity index (χ3n) is 3.84. The van der Waals surface area contributed by atoms with Crippen LogP contribution in [0.15, 0.2) is 24.3 Å². The zero-order valence-corrected chi connectivity index (χ0v) is 11.8. The van der Waals surface area contributed by atoms with Crippen LogP contribution in [0.25, 0.3) is 0 Å². The highest BCUT2D eigenvalue weighted by molar-refractivity contribution is 5.76. The van der Waals surface area contributed by atoms with Crippen LogP contribution in [0.5, 0.6) is 0 Å².